The summed E-state index contributed by atoms with van der Waals surface area (Å²) in [4.78, 5) is 13.6. The van der Waals surface area contributed by atoms with Crippen molar-refractivity contribution in [3.63, 3.8) is 0 Å². The van der Waals surface area contributed by atoms with E-state index in [0.29, 0.717) is 12.5 Å². The minimum Gasteiger partial charge on any atom is -0.494 e. The van der Waals surface area contributed by atoms with Crippen molar-refractivity contribution in [3.05, 3.63) is 55.0 Å². The molecule has 0 amide bonds. The average Bonchev–Trinajstić information content (AvgIpc) is 2.93. The Morgan fingerprint density at radius 2 is 1.25 bits per heavy atom. The smallest absolute Gasteiger partial charge is 0.223 e. The molecular weight excluding hydrogens is 446 g/mol. The SMILES string of the molecule is CCCCCCCCOc1ccc(-c2ccc(-c3cnccn3)c(OCCCCCCCC)n2)cc1. The van der Waals surface area contributed by atoms with Crippen molar-refractivity contribution < 1.29 is 9.47 Å². The number of nitrogens with zero attached hydrogens (tertiary/aromatic N) is 3. The molecule has 5 heteroatoms. The number of hydrogen-bond acceptors (Lipinski definition) is 5. The van der Waals surface area contributed by atoms with Crippen LogP contribution in [0.2, 0.25) is 0 Å². The zero-order valence-corrected chi connectivity index (χ0v) is 22.3. The Morgan fingerprint density at radius 3 is 1.89 bits per heavy atom. The fraction of sp³-hybridized carbons (Fsp3) is 0.516. The molecule has 0 aliphatic heterocycles. The van der Waals surface area contributed by atoms with Gasteiger partial charge in [-0.3, -0.25) is 9.97 Å². The highest BCUT2D eigenvalue weighted by molar-refractivity contribution is 5.69. The van der Waals surface area contributed by atoms with E-state index < -0.39 is 0 Å². The number of rotatable bonds is 18. The van der Waals surface area contributed by atoms with Crippen molar-refractivity contribution in [3.8, 4) is 34.1 Å². The molecule has 0 fully saturated rings. The Hall–Kier alpha value is -2.95. The molecule has 0 N–H and O–H groups in total. The molecule has 2 heterocycles. The van der Waals surface area contributed by atoms with Crippen LogP contribution in [0.25, 0.3) is 22.5 Å². The van der Waals surface area contributed by atoms with E-state index in [1.165, 1.54) is 64.2 Å². The van der Waals surface area contributed by atoms with Gasteiger partial charge in [-0.2, -0.15) is 0 Å². The molecule has 0 bridgehead atoms. The van der Waals surface area contributed by atoms with Gasteiger partial charge < -0.3 is 9.47 Å². The van der Waals surface area contributed by atoms with E-state index in [2.05, 4.69) is 35.9 Å². The van der Waals surface area contributed by atoms with E-state index >= 15 is 0 Å². The molecule has 0 saturated carbocycles. The molecule has 0 unspecified atom stereocenters. The van der Waals surface area contributed by atoms with Crippen molar-refractivity contribution in [2.24, 2.45) is 0 Å². The molecule has 194 valence electrons. The number of aromatic nitrogens is 3. The van der Waals surface area contributed by atoms with Gasteiger partial charge in [-0.15, -0.1) is 0 Å². The first-order valence-corrected chi connectivity index (χ1v) is 13.9. The van der Waals surface area contributed by atoms with Gasteiger partial charge >= 0.3 is 0 Å². The lowest BCUT2D eigenvalue weighted by Gasteiger charge is -2.12. The maximum absolute atomic E-state index is 6.18. The number of pyridine rings is 1. The lowest BCUT2D eigenvalue weighted by Crippen LogP contribution is -2.02. The van der Waals surface area contributed by atoms with Crippen LogP contribution < -0.4 is 9.47 Å². The fourth-order valence-corrected chi connectivity index (χ4v) is 4.19. The van der Waals surface area contributed by atoms with Crippen LogP contribution in [0.5, 0.6) is 11.6 Å². The van der Waals surface area contributed by atoms with Crippen LogP contribution in [0.1, 0.15) is 90.9 Å². The molecule has 36 heavy (non-hydrogen) atoms. The van der Waals surface area contributed by atoms with E-state index in [0.717, 1.165) is 47.7 Å². The normalized spacial score (nSPS) is 10.9. The molecule has 5 nitrogen and oxygen atoms in total. The first-order valence-electron chi connectivity index (χ1n) is 13.9. The zero-order chi connectivity index (χ0) is 25.3. The molecule has 3 aromatic rings. The van der Waals surface area contributed by atoms with Crippen molar-refractivity contribution in [2.45, 2.75) is 90.9 Å². The first kappa shape index (κ1) is 27.6. The maximum atomic E-state index is 6.18. The van der Waals surface area contributed by atoms with Gasteiger partial charge in [-0.25, -0.2) is 4.98 Å². The van der Waals surface area contributed by atoms with Gasteiger partial charge in [0.15, 0.2) is 0 Å². The summed E-state index contributed by atoms with van der Waals surface area (Å²) in [6, 6.07) is 12.2. The van der Waals surface area contributed by atoms with Crippen molar-refractivity contribution in [2.75, 3.05) is 13.2 Å². The summed E-state index contributed by atoms with van der Waals surface area (Å²) in [5.74, 6) is 1.52. The predicted octanol–water partition coefficient (Wildman–Crippen LogP) is 8.68. The molecule has 2 aromatic heterocycles. The van der Waals surface area contributed by atoms with Crippen LogP contribution in [0.4, 0.5) is 0 Å². The lowest BCUT2D eigenvalue weighted by atomic mass is 10.1. The summed E-state index contributed by atoms with van der Waals surface area (Å²) in [6.07, 6.45) is 20.1. The van der Waals surface area contributed by atoms with Gasteiger partial charge in [-0.1, -0.05) is 78.1 Å². The number of ether oxygens (including phenoxy) is 2. The molecule has 0 atom stereocenters. The second kappa shape index (κ2) is 16.7. The van der Waals surface area contributed by atoms with Crippen LogP contribution in [-0.2, 0) is 0 Å². The van der Waals surface area contributed by atoms with Crippen LogP contribution in [-0.4, -0.2) is 28.2 Å². The summed E-state index contributed by atoms with van der Waals surface area (Å²) in [5, 5.41) is 0. The van der Waals surface area contributed by atoms with E-state index in [1.807, 2.05) is 24.3 Å². The fourth-order valence-electron chi connectivity index (χ4n) is 4.19. The van der Waals surface area contributed by atoms with E-state index in [1.54, 1.807) is 18.6 Å². The third-order valence-corrected chi connectivity index (χ3v) is 6.35. The third-order valence-electron chi connectivity index (χ3n) is 6.35. The first-order chi connectivity index (χ1) is 17.8. The molecule has 0 aliphatic rings. The largest absolute Gasteiger partial charge is 0.494 e. The van der Waals surface area contributed by atoms with Crippen LogP contribution >= 0.6 is 0 Å². The average molecular weight is 490 g/mol. The van der Waals surface area contributed by atoms with Gasteiger partial charge in [0, 0.05) is 18.0 Å². The van der Waals surface area contributed by atoms with Crippen molar-refractivity contribution >= 4 is 0 Å². The zero-order valence-electron chi connectivity index (χ0n) is 22.3. The lowest BCUT2D eigenvalue weighted by molar-refractivity contribution is 0.295. The van der Waals surface area contributed by atoms with Crippen molar-refractivity contribution in [1.82, 2.24) is 15.0 Å². The highest BCUT2D eigenvalue weighted by atomic mass is 16.5. The second-order valence-corrected chi connectivity index (χ2v) is 9.40. The Balaban J connectivity index is 1.60. The molecule has 0 spiro atoms. The highest BCUT2D eigenvalue weighted by Crippen LogP contribution is 2.31. The summed E-state index contributed by atoms with van der Waals surface area (Å²) < 4.78 is 12.1. The Labute approximate surface area is 217 Å². The quantitative estimate of drug-likeness (QED) is 0.167. The molecule has 0 radical (unpaired) electrons. The monoisotopic (exact) mass is 489 g/mol. The minimum atomic E-state index is 0.616. The molecule has 0 saturated heterocycles. The Kier molecular flexibility index (Phi) is 12.8. The maximum Gasteiger partial charge on any atom is 0.223 e. The third kappa shape index (κ3) is 9.60. The standard InChI is InChI=1S/C31H43N3O2/c1-3-5-7-9-11-13-23-35-27-17-15-26(16-18-27)29-20-19-28(30-25-32-21-22-33-30)31(34-29)36-24-14-12-10-8-6-4-2/h15-22,25H,3-14,23-24H2,1-2H3. The van der Waals surface area contributed by atoms with Crippen LogP contribution in [0, 0.1) is 0 Å². The van der Waals surface area contributed by atoms with Gasteiger partial charge in [0.25, 0.3) is 0 Å². The van der Waals surface area contributed by atoms with Gasteiger partial charge in [-0.05, 0) is 49.2 Å². The number of benzene rings is 1. The minimum absolute atomic E-state index is 0.616. The van der Waals surface area contributed by atoms with Crippen LogP contribution in [0.3, 0.4) is 0 Å². The second-order valence-electron chi connectivity index (χ2n) is 9.40. The summed E-state index contributed by atoms with van der Waals surface area (Å²) in [5.41, 5.74) is 3.56. The Morgan fingerprint density at radius 1 is 0.611 bits per heavy atom. The predicted molar refractivity (Wildman–Crippen MR) is 148 cm³/mol. The highest BCUT2D eigenvalue weighted by Gasteiger charge is 2.12. The summed E-state index contributed by atoms with van der Waals surface area (Å²) in [6.45, 7) is 5.92. The van der Waals surface area contributed by atoms with Crippen LogP contribution in [0.15, 0.2) is 55.0 Å². The van der Waals surface area contributed by atoms with E-state index in [-0.39, 0.29) is 0 Å². The van der Waals surface area contributed by atoms with Gasteiger partial charge in [0.2, 0.25) is 5.88 Å². The van der Waals surface area contributed by atoms with E-state index in [9.17, 15) is 0 Å². The molecule has 1 aromatic carbocycles. The van der Waals surface area contributed by atoms with Gasteiger partial charge in [0.05, 0.1) is 36.4 Å². The molecule has 0 aliphatic carbocycles. The molecule has 3 rings (SSSR count). The summed E-state index contributed by atoms with van der Waals surface area (Å²) >= 11 is 0. The van der Waals surface area contributed by atoms with Crippen molar-refractivity contribution in [1.29, 1.82) is 0 Å². The summed E-state index contributed by atoms with van der Waals surface area (Å²) in [7, 11) is 0. The number of hydrogen-bond donors (Lipinski definition) is 0. The Bertz CT molecular complexity index is 977. The molecular formula is C31H43N3O2. The number of unbranched alkanes of at least 4 members (excludes halogenated alkanes) is 10. The van der Waals surface area contributed by atoms with E-state index in [4.69, 9.17) is 14.5 Å². The topological polar surface area (TPSA) is 57.1 Å². The van der Waals surface area contributed by atoms with Gasteiger partial charge in [0.1, 0.15) is 5.75 Å².